The number of nitrogens with zero attached hydrogens (tertiary/aromatic N) is 1. The monoisotopic (exact) mass is 523 g/mol. The maximum atomic E-state index is 12.4. The highest BCUT2D eigenvalue weighted by Crippen LogP contribution is 2.29. The number of rotatable bonds is 18. The Kier molecular flexibility index (Phi) is 14.9. The highest BCUT2D eigenvalue weighted by Gasteiger charge is 2.13. The van der Waals surface area contributed by atoms with Crippen LogP contribution in [0.15, 0.2) is 53.6 Å². The Labute approximate surface area is 226 Å². The van der Waals surface area contributed by atoms with Gasteiger partial charge in [0, 0.05) is 6.42 Å². The van der Waals surface area contributed by atoms with Gasteiger partial charge < -0.3 is 14.8 Å². The van der Waals surface area contributed by atoms with Gasteiger partial charge in [-0.1, -0.05) is 76.5 Å². The van der Waals surface area contributed by atoms with E-state index in [1.54, 1.807) is 42.5 Å². The van der Waals surface area contributed by atoms with E-state index in [0.29, 0.717) is 29.9 Å². The summed E-state index contributed by atoms with van der Waals surface area (Å²) in [6, 6.07) is 13.7. The smallest absolute Gasteiger partial charge is 0.343 e. The Morgan fingerprint density at radius 2 is 1.50 bits per heavy atom. The molecule has 0 bridgehead atoms. The summed E-state index contributed by atoms with van der Waals surface area (Å²) in [5.41, 5.74) is 3.48. The fourth-order valence-corrected chi connectivity index (χ4v) is 3.77. The number of hydrazone groups is 1. The second-order valence-corrected chi connectivity index (χ2v) is 9.04. The van der Waals surface area contributed by atoms with Crippen molar-refractivity contribution in [2.24, 2.45) is 5.10 Å². The molecular formula is C30H41N3O5. The number of benzene rings is 2. The number of nitrogens with one attached hydrogen (secondary N) is 2. The van der Waals surface area contributed by atoms with Crippen molar-refractivity contribution in [2.75, 3.05) is 13.2 Å². The molecule has 0 saturated heterocycles. The Morgan fingerprint density at radius 3 is 2.18 bits per heavy atom. The van der Waals surface area contributed by atoms with Crippen LogP contribution in [0.1, 0.15) is 94.0 Å². The predicted molar refractivity (Wildman–Crippen MR) is 150 cm³/mol. The van der Waals surface area contributed by atoms with E-state index >= 15 is 0 Å². The SMILES string of the molecule is CCCCCCCCCCCC(=O)NCC(=O)N/N=C\c1ccc(OC(=O)c2ccccc2)c(OCC)c1. The molecule has 0 atom stereocenters. The number of carbonyl (C=O) groups is 3. The molecule has 2 aromatic carbocycles. The summed E-state index contributed by atoms with van der Waals surface area (Å²) in [5, 5.41) is 6.57. The van der Waals surface area contributed by atoms with E-state index in [1.165, 1.54) is 44.7 Å². The highest BCUT2D eigenvalue weighted by molar-refractivity contribution is 5.91. The minimum absolute atomic E-state index is 0.130. The van der Waals surface area contributed by atoms with Crippen molar-refractivity contribution in [1.29, 1.82) is 0 Å². The van der Waals surface area contributed by atoms with Crippen LogP contribution in [-0.2, 0) is 9.59 Å². The van der Waals surface area contributed by atoms with E-state index in [-0.39, 0.29) is 18.2 Å². The van der Waals surface area contributed by atoms with E-state index in [9.17, 15) is 14.4 Å². The van der Waals surface area contributed by atoms with Gasteiger partial charge in [0.1, 0.15) is 0 Å². The lowest BCUT2D eigenvalue weighted by molar-refractivity contribution is -0.126. The second kappa shape index (κ2) is 18.5. The van der Waals surface area contributed by atoms with E-state index in [2.05, 4.69) is 22.8 Å². The van der Waals surface area contributed by atoms with Crippen molar-refractivity contribution < 1.29 is 23.9 Å². The number of ether oxygens (including phenoxy) is 2. The van der Waals surface area contributed by atoms with Crippen LogP contribution in [0.5, 0.6) is 11.5 Å². The molecule has 2 aromatic rings. The maximum absolute atomic E-state index is 12.4. The van der Waals surface area contributed by atoms with Gasteiger partial charge in [-0.15, -0.1) is 0 Å². The largest absolute Gasteiger partial charge is 0.490 e. The molecule has 38 heavy (non-hydrogen) atoms. The third-order valence-corrected chi connectivity index (χ3v) is 5.84. The lowest BCUT2D eigenvalue weighted by atomic mass is 10.1. The van der Waals surface area contributed by atoms with Gasteiger partial charge in [-0.3, -0.25) is 9.59 Å². The van der Waals surface area contributed by atoms with Crippen molar-refractivity contribution in [2.45, 2.75) is 78.1 Å². The normalized spacial score (nSPS) is 10.8. The number of unbranched alkanes of at least 4 members (excludes halogenated alkanes) is 8. The van der Waals surface area contributed by atoms with Crippen molar-refractivity contribution in [3.8, 4) is 11.5 Å². The zero-order chi connectivity index (χ0) is 27.4. The Hall–Kier alpha value is -3.68. The molecule has 8 nitrogen and oxygen atoms in total. The molecule has 0 heterocycles. The number of amides is 2. The topological polar surface area (TPSA) is 106 Å². The molecule has 0 aromatic heterocycles. The Balaban J connectivity index is 1.70. The van der Waals surface area contributed by atoms with Crippen LogP contribution < -0.4 is 20.2 Å². The van der Waals surface area contributed by atoms with Crippen LogP contribution >= 0.6 is 0 Å². The van der Waals surface area contributed by atoms with Gasteiger partial charge in [-0.2, -0.15) is 5.10 Å². The lowest BCUT2D eigenvalue weighted by Gasteiger charge is -2.11. The zero-order valence-electron chi connectivity index (χ0n) is 22.7. The van der Waals surface area contributed by atoms with E-state index in [4.69, 9.17) is 9.47 Å². The number of hydrogen-bond donors (Lipinski definition) is 2. The van der Waals surface area contributed by atoms with E-state index in [0.717, 1.165) is 19.3 Å². The first-order valence-electron chi connectivity index (χ1n) is 13.7. The molecule has 0 radical (unpaired) electrons. The number of carbonyl (C=O) groups excluding carboxylic acids is 3. The molecule has 0 spiro atoms. The minimum atomic E-state index is -0.486. The van der Waals surface area contributed by atoms with Crippen LogP contribution in [0.3, 0.4) is 0 Å². The summed E-state index contributed by atoms with van der Waals surface area (Å²) in [5.74, 6) is -0.360. The average Bonchev–Trinajstić information content (AvgIpc) is 2.93. The molecule has 0 aliphatic carbocycles. The lowest BCUT2D eigenvalue weighted by Crippen LogP contribution is -2.34. The van der Waals surface area contributed by atoms with Gasteiger partial charge in [0.15, 0.2) is 11.5 Å². The molecule has 8 heteroatoms. The van der Waals surface area contributed by atoms with Crippen molar-refractivity contribution in [3.05, 3.63) is 59.7 Å². The van der Waals surface area contributed by atoms with Crippen LogP contribution in [-0.4, -0.2) is 37.1 Å². The van der Waals surface area contributed by atoms with Gasteiger partial charge in [-0.05, 0) is 49.2 Å². The standard InChI is InChI=1S/C30H41N3O5/c1-3-5-6-7-8-9-10-11-15-18-28(34)31-23-29(35)33-32-22-24-19-20-26(27(21-24)37-4-2)38-30(36)25-16-13-12-14-17-25/h12-14,16-17,19-22H,3-11,15,18,23H2,1-2H3,(H,31,34)(H,33,35)/b32-22-. The third kappa shape index (κ3) is 12.5. The van der Waals surface area contributed by atoms with Crippen molar-refractivity contribution >= 4 is 24.0 Å². The molecule has 0 aliphatic rings. The quantitative estimate of drug-likeness (QED) is 0.0845. The highest BCUT2D eigenvalue weighted by atomic mass is 16.6. The van der Waals surface area contributed by atoms with Gasteiger partial charge in [0.25, 0.3) is 5.91 Å². The van der Waals surface area contributed by atoms with Crippen LogP contribution in [0.4, 0.5) is 0 Å². The number of esters is 1. The maximum Gasteiger partial charge on any atom is 0.343 e. The predicted octanol–water partition coefficient (Wildman–Crippen LogP) is 5.79. The summed E-state index contributed by atoms with van der Waals surface area (Å²) in [7, 11) is 0. The first-order valence-corrected chi connectivity index (χ1v) is 13.7. The minimum Gasteiger partial charge on any atom is -0.490 e. The summed E-state index contributed by atoms with van der Waals surface area (Å²) in [6.07, 6.45) is 12.6. The first kappa shape index (κ1) is 30.5. The summed E-state index contributed by atoms with van der Waals surface area (Å²) in [6.45, 7) is 4.29. The third-order valence-electron chi connectivity index (χ3n) is 5.84. The van der Waals surface area contributed by atoms with E-state index < -0.39 is 11.9 Å². The van der Waals surface area contributed by atoms with Gasteiger partial charge in [0.05, 0.1) is 24.9 Å². The second-order valence-electron chi connectivity index (χ2n) is 9.04. The number of hydrogen-bond acceptors (Lipinski definition) is 6. The van der Waals surface area contributed by atoms with Gasteiger partial charge in [-0.25, -0.2) is 10.2 Å². The Morgan fingerprint density at radius 1 is 0.816 bits per heavy atom. The van der Waals surface area contributed by atoms with E-state index in [1.807, 2.05) is 13.0 Å². The summed E-state index contributed by atoms with van der Waals surface area (Å²) >= 11 is 0. The fourth-order valence-electron chi connectivity index (χ4n) is 3.77. The fraction of sp³-hybridized carbons (Fsp3) is 0.467. The average molecular weight is 524 g/mol. The first-order chi connectivity index (χ1) is 18.5. The van der Waals surface area contributed by atoms with Gasteiger partial charge >= 0.3 is 5.97 Å². The molecular weight excluding hydrogens is 482 g/mol. The van der Waals surface area contributed by atoms with Crippen LogP contribution in [0, 0.1) is 0 Å². The molecule has 2 N–H and O–H groups in total. The zero-order valence-corrected chi connectivity index (χ0v) is 22.7. The summed E-state index contributed by atoms with van der Waals surface area (Å²) < 4.78 is 11.1. The Bertz CT molecular complexity index is 1020. The summed E-state index contributed by atoms with van der Waals surface area (Å²) in [4.78, 5) is 36.4. The molecule has 0 saturated carbocycles. The molecule has 0 aliphatic heterocycles. The van der Waals surface area contributed by atoms with Crippen LogP contribution in [0.2, 0.25) is 0 Å². The molecule has 0 unspecified atom stereocenters. The molecule has 206 valence electrons. The molecule has 2 amide bonds. The van der Waals surface area contributed by atoms with Crippen LogP contribution in [0.25, 0.3) is 0 Å². The van der Waals surface area contributed by atoms with Crippen molar-refractivity contribution in [3.63, 3.8) is 0 Å². The van der Waals surface area contributed by atoms with Crippen molar-refractivity contribution in [1.82, 2.24) is 10.7 Å². The van der Waals surface area contributed by atoms with Gasteiger partial charge in [0.2, 0.25) is 5.91 Å². The molecule has 0 fully saturated rings. The molecule has 2 rings (SSSR count).